The molecule has 3 amide bonds. The number of aromatic nitrogens is 1. The molecule has 1 unspecified atom stereocenters. The van der Waals surface area contributed by atoms with Crippen LogP contribution in [0.15, 0.2) is 41.0 Å². The summed E-state index contributed by atoms with van der Waals surface area (Å²) in [6, 6.07) is 8.37. The average Bonchev–Trinajstić information content (AvgIpc) is 3.67. The minimum atomic E-state index is -0.339. The zero-order valence-electron chi connectivity index (χ0n) is 19.4. The maximum absolute atomic E-state index is 13.4. The van der Waals surface area contributed by atoms with Gasteiger partial charge in [-0.05, 0) is 49.6 Å². The number of piperazine rings is 1. The Labute approximate surface area is 210 Å². The molecule has 3 aliphatic rings. The molecule has 1 saturated heterocycles. The normalized spacial score (nSPS) is 18.6. The van der Waals surface area contributed by atoms with E-state index in [9.17, 15) is 14.4 Å². The molecule has 6 rings (SSSR count). The second-order valence-electron chi connectivity index (χ2n) is 8.89. The number of amides is 3. The van der Waals surface area contributed by atoms with Crippen molar-refractivity contribution < 1.29 is 28.3 Å². The number of benzene rings is 1. The van der Waals surface area contributed by atoms with Crippen molar-refractivity contribution in [1.29, 1.82) is 0 Å². The summed E-state index contributed by atoms with van der Waals surface area (Å²) in [5.41, 5.74) is 1.20. The Morgan fingerprint density at radius 1 is 1.03 bits per heavy atom. The minimum Gasteiger partial charge on any atom is -0.459 e. The van der Waals surface area contributed by atoms with Crippen LogP contribution in [-0.2, 0) is 11.2 Å². The van der Waals surface area contributed by atoms with Crippen molar-refractivity contribution in [2.45, 2.75) is 25.2 Å². The van der Waals surface area contributed by atoms with Crippen LogP contribution in [0.2, 0.25) is 0 Å². The summed E-state index contributed by atoms with van der Waals surface area (Å²) in [5.74, 6) is 0.702. The van der Waals surface area contributed by atoms with Crippen LogP contribution in [0.25, 0.3) is 0 Å². The fraction of sp³-hybridized carbons (Fsp3) is 0.360. The van der Waals surface area contributed by atoms with Gasteiger partial charge in [-0.3, -0.25) is 19.7 Å². The van der Waals surface area contributed by atoms with Crippen molar-refractivity contribution >= 4 is 34.2 Å². The van der Waals surface area contributed by atoms with E-state index in [1.54, 1.807) is 35.2 Å². The Kier molecular flexibility index (Phi) is 5.84. The fourth-order valence-electron chi connectivity index (χ4n) is 4.83. The first-order chi connectivity index (χ1) is 17.6. The van der Waals surface area contributed by atoms with Gasteiger partial charge in [0.05, 0.1) is 17.9 Å². The Bertz CT molecular complexity index is 1310. The van der Waals surface area contributed by atoms with Crippen molar-refractivity contribution in [3.8, 4) is 11.5 Å². The summed E-state index contributed by atoms with van der Waals surface area (Å²) in [6.45, 7) is 1.99. The number of fused-ring (bicyclic) bond motifs is 2. The molecule has 1 fully saturated rings. The lowest BCUT2D eigenvalue weighted by molar-refractivity contribution is -0.134. The first kappa shape index (κ1) is 22.6. The quantitative estimate of drug-likeness (QED) is 0.576. The molecule has 186 valence electrons. The maximum atomic E-state index is 13.4. The maximum Gasteiger partial charge on any atom is 0.289 e. The highest BCUT2D eigenvalue weighted by Crippen LogP contribution is 2.38. The Hall–Kier alpha value is -3.86. The van der Waals surface area contributed by atoms with Crippen molar-refractivity contribution in [3.63, 3.8) is 0 Å². The van der Waals surface area contributed by atoms with Gasteiger partial charge in [0.2, 0.25) is 12.7 Å². The summed E-state index contributed by atoms with van der Waals surface area (Å²) in [7, 11) is 0. The number of thiazole rings is 1. The van der Waals surface area contributed by atoms with Gasteiger partial charge in [-0.1, -0.05) is 0 Å². The third-order valence-corrected chi connectivity index (χ3v) is 7.76. The first-order valence-corrected chi connectivity index (χ1v) is 12.7. The molecule has 36 heavy (non-hydrogen) atoms. The summed E-state index contributed by atoms with van der Waals surface area (Å²) < 4.78 is 15.9. The second kappa shape index (κ2) is 9.30. The van der Waals surface area contributed by atoms with Crippen molar-refractivity contribution in [3.05, 3.63) is 58.5 Å². The molecule has 4 heterocycles. The third kappa shape index (κ3) is 4.19. The first-order valence-electron chi connectivity index (χ1n) is 11.9. The van der Waals surface area contributed by atoms with E-state index < -0.39 is 0 Å². The van der Waals surface area contributed by atoms with Crippen LogP contribution in [-0.4, -0.2) is 65.5 Å². The number of furan rings is 1. The average molecular weight is 509 g/mol. The Morgan fingerprint density at radius 2 is 1.83 bits per heavy atom. The van der Waals surface area contributed by atoms with E-state index in [0.717, 1.165) is 29.8 Å². The van der Waals surface area contributed by atoms with E-state index in [2.05, 4.69) is 10.3 Å². The van der Waals surface area contributed by atoms with Gasteiger partial charge < -0.3 is 23.7 Å². The van der Waals surface area contributed by atoms with Gasteiger partial charge in [-0.2, -0.15) is 0 Å². The molecule has 3 aromatic rings. The molecule has 1 aliphatic carbocycles. The van der Waals surface area contributed by atoms with Crippen LogP contribution in [0, 0.1) is 0 Å². The molecule has 0 spiro atoms. The molecule has 10 nitrogen and oxygen atoms in total. The molecule has 2 aromatic heterocycles. The van der Waals surface area contributed by atoms with Gasteiger partial charge >= 0.3 is 0 Å². The van der Waals surface area contributed by atoms with E-state index >= 15 is 0 Å². The topological polar surface area (TPSA) is 114 Å². The predicted molar refractivity (Wildman–Crippen MR) is 130 cm³/mol. The molecular weight excluding hydrogens is 484 g/mol. The van der Waals surface area contributed by atoms with Gasteiger partial charge in [0.1, 0.15) is 0 Å². The van der Waals surface area contributed by atoms with E-state index in [4.69, 9.17) is 13.9 Å². The molecule has 1 atom stereocenters. The summed E-state index contributed by atoms with van der Waals surface area (Å²) in [5, 5.41) is 3.35. The molecule has 0 radical (unpaired) electrons. The molecule has 1 N–H and O–H groups in total. The lowest BCUT2D eigenvalue weighted by Gasteiger charge is -2.36. The van der Waals surface area contributed by atoms with E-state index in [1.807, 2.05) is 4.90 Å². The minimum absolute atomic E-state index is 0.0278. The van der Waals surface area contributed by atoms with E-state index in [-0.39, 0.29) is 30.4 Å². The van der Waals surface area contributed by atoms with Gasteiger partial charge in [0.25, 0.3) is 11.8 Å². The van der Waals surface area contributed by atoms with Crippen LogP contribution in [0.1, 0.15) is 50.2 Å². The van der Waals surface area contributed by atoms with Crippen LogP contribution in [0.5, 0.6) is 11.5 Å². The Balaban J connectivity index is 1.11. The molecular formula is C25H24N4O6S. The summed E-state index contributed by atoms with van der Waals surface area (Å²) >= 11 is 1.42. The number of nitrogens with one attached hydrogen (secondary N) is 1. The molecule has 11 heteroatoms. The SMILES string of the molecule is O=C(Nc1nc2c(s1)CCCC2C(=O)N1CCN(C(=O)c2ccco2)CC1)c1ccc2c(c1)OCO2. The van der Waals surface area contributed by atoms with E-state index in [1.165, 1.54) is 17.6 Å². The zero-order valence-corrected chi connectivity index (χ0v) is 20.2. The highest BCUT2D eigenvalue weighted by atomic mass is 32.1. The van der Waals surface area contributed by atoms with Gasteiger partial charge in [-0.25, -0.2) is 4.98 Å². The van der Waals surface area contributed by atoms with Crippen molar-refractivity contribution in [2.24, 2.45) is 0 Å². The highest BCUT2D eigenvalue weighted by molar-refractivity contribution is 7.16. The number of rotatable bonds is 4. The van der Waals surface area contributed by atoms with Gasteiger partial charge in [-0.15, -0.1) is 11.3 Å². The Morgan fingerprint density at radius 3 is 2.64 bits per heavy atom. The van der Waals surface area contributed by atoms with Crippen LogP contribution >= 0.6 is 11.3 Å². The van der Waals surface area contributed by atoms with Gasteiger partial charge in [0.15, 0.2) is 22.4 Å². The highest BCUT2D eigenvalue weighted by Gasteiger charge is 2.35. The van der Waals surface area contributed by atoms with Crippen molar-refractivity contribution in [2.75, 3.05) is 38.3 Å². The zero-order chi connectivity index (χ0) is 24.6. The molecule has 0 bridgehead atoms. The standard InChI is InChI=1S/C25H24N4O6S/c30-22(15-6-7-17-19(13-15)35-14-34-17)27-25-26-21-16(3-1-5-20(21)36-25)23(31)28-8-10-29(11-9-28)24(32)18-4-2-12-33-18/h2,4,6-7,12-13,16H,1,3,5,8-11,14H2,(H,26,27,30). The van der Waals surface area contributed by atoms with Crippen LogP contribution in [0.3, 0.4) is 0 Å². The van der Waals surface area contributed by atoms with E-state index in [0.29, 0.717) is 54.1 Å². The second-order valence-corrected chi connectivity index (χ2v) is 9.97. The number of hydrogen-bond acceptors (Lipinski definition) is 8. The number of nitrogens with zero attached hydrogens (tertiary/aromatic N) is 3. The molecule has 2 aliphatic heterocycles. The summed E-state index contributed by atoms with van der Waals surface area (Å²) in [4.78, 5) is 48.0. The number of anilines is 1. The number of carbonyl (C=O) groups excluding carboxylic acids is 3. The fourth-order valence-corrected chi connectivity index (χ4v) is 5.89. The monoisotopic (exact) mass is 508 g/mol. The largest absolute Gasteiger partial charge is 0.459 e. The van der Waals surface area contributed by atoms with Crippen LogP contribution in [0.4, 0.5) is 5.13 Å². The smallest absolute Gasteiger partial charge is 0.289 e. The van der Waals surface area contributed by atoms with Crippen molar-refractivity contribution in [1.82, 2.24) is 14.8 Å². The van der Waals surface area contributed by atoms with Gasteiger partial charge in [0, 0.05) is 36.6 Å². The number of hydrogen-bond donors (Lipinski definition) is 1. The number of aryl methyl sites for hydroxylation is 1. The lowest BCUT2D eigenvalue weighted by atomic mass is 9.89. The molecule has 1 aromatic carbocycles. The predicted octanol–water partition coefficient (Wildman–Crippen LogP) is 3.12. The number of carbonyl (C=O) groups is 3. The summed E-state index contributed by atoms with van der Waals surface area (Å²) in [6.07, 6.45) is 3.92. The van der Waals surface area contributed by atoms with Crippen LogP contribution < -0.4 is 14.8 Å². The lowest BCUT2D eigenvalue weighted by Crippen LogP contribution is -2.51. The molecule has 0 saturated carbocycles. The number of ether oxygens (including phenoxy) is 2. The third-order valence-electron chi connectivity index (χ3n) is 6.72.